The normalized spacial score (nSPS) is 10.9. The first-order valence-electron chi connectivity index (χ1n) is 6.84. The molecular formula is C15H22N2O3. The first-order chi connectivity index (χ1) is 9.45. The third-order valence-electron chi connectivity index (χ3n) is 2.80. The van der Waals surface area contributed by atoms with Gasteiger partial charge in [-0.1, -0.05) is 6.07 Å². The standard InChI is InChI=1S/C15H22N2O3/c1-4-20-14(19)15(2,3)17-13(18)10-7-9-12-8-5-6-11-16-12/h5-6,8,11H,4,7,9-10H2,1-3H3,(H,17,18). The molecule has 0 fully saturated rings. The Kier molecular flexibility index (Phi) is 6.15. The quantitative estimate of drug-likeness (QED) is 0.773. The molecule has 0 aliphatic carbocycles. The molecular weight excluding hydrogens is 256 g/mol. The Labute approximate surface area is 119 Å². The van der Waals surface area contributed by atoms with E-state index in [1.807, 2.05) is 18.2 Å². The molecule has 0 unspecified atom stereocenters. The maximum atomic E-state index is 11.8. The van der Waals surface area contributed by atoms with Crippen LogP contribution in [0.1, 0.15) is 39.3 Å². The van der Waals surface area contributed by atoms with E-state index in [9.17, 15) is 9.59 Å². The van der Waals surface area contributed by atoms with Crippen molar-refractivity contribution in [2.45, 2.75) is 45.6 Å². The largest absolute Gasteiger partial charge is 0.464 e. The third-order valence-corrected chi connectivity index (χ3v) is 2.80. The molecule has 0 bridgehead atoms. The lowest BCUT2D eigenvalue weighted by molar-refractivity contribution is -0.151. The van der Waals surface area contributed by atoms with Gasteiger partial charge in [0, 0.05) is 18.3 Å². The van der Waals surface area contributed by atoms with Gasteiger partial charge in [0.25, 0.3) is 0 Å². The summed E-state index contributed by atoms with van der Waals surface area (Å²) in [7, 11) is 0. The highest BCUT2D eigenvalue weighted by Gasteiger charge is 2.30. The third kappa shape index (κ3) is 5.38. The van der Waals surface area contributed by atoms with Crippen molar-refractivity contribution in [3.05, 3.63) is 30.1 Å². The predicted molar refractivity (Wildman–Crippen MR) is 76.0 cm³/mol. The van der Waals surface area contributed by atoms with Crippen molar-refractivity contribution in [3.63, 3.8) is 0 Å². The van der Waals surface area contributed by atoms with Crippen molar-refractivity contribution < 1.29 is 14.3 Å². The fourth-order valence-corrected chi connectivity index (χ4v) is 1.75. The molecule has 0 saturated carbocycles. The van der Waals surface area contributed by atoms with Gasteiger partial charge in [-0.15, -0.1) is 0 Å². The number of nitrogens with zero attached hydrogens (tertiary/aromatic N) is 1. The van der Waals surface area contributed by atoms with Gasteiger partial charge >= 0.3 is 5.97 Å². The Bertz CT molecular complexity index is 444. The number of ether oxygens (including phenoxy) is 1. The number of carbonyl (C=O) groups excluding carboxylic acids is 2. The molecule has 110 valence electrons. The van der Waals surface area contributed by atoms with E-state index in [-0.39, 0.29) is 5.91 Å². The topological polar surface area (TPSA) is 68.3 Å². The molecule has 0 aliphatic heterocycles. The van der Waals surface area contributed by atoms with Gasteiger partial charge in [-0.3, -0.25) is 9.78 Å². The highest BCUT2D eigenvalue weighted by atomic mass is 16.5. The van der Waals surface area contributed by atoms with Gasteiger partial charge in [-0.05, 0) is 45.7 Å². The maximum Gasteiger partial charge on any atom is 0.331 e. The molecule has 0 radical (unpaired) electrons. The van der Waals surface area contributed by atoms with Crippen molar-refractivity contribution in [2.24, 2.45) is 0 Å². The SMILES string of the molecule is CCOC(=O)C(C)(C)NC(=O)CCCc1ccccn1. The van der Waals surface area contributed by atoms with Crippen LogP contribution in [0.5, 0.6) is 0 Å². The fourth-order valence-electron chi connectivity index (χ4n) is 1.75. The van der Waals surface area contributed by atoms with Crippen LogP contribution in [0.15, 0.2) is 24.4 Å². The Morgan fingerprint density at radius 2 is 2.10 bits per heavy atom. The van der Waals surface area contributed by atoms with Crippen molar-refractivity contribution in [1.29, 1.82) is 0 Å². The van der Waals surface area contributed by atoms with E-state index in [0.29, 0.717) is 19.4 Å². The molecule has 0 aromatic carbocycles. The average molecular weight is 278 g/mol. The minimum Gasteiger partial charge on any atom is -0.464 e. The average Bonchev–Trinajstić information content (AvgIpc) is 2.39. The first-order valence-corrected chi connectivity index (χ1v) is 6.84. The Morgan fingerprint density at radius 3 is 2.70 bits per heavy atom. The highest BCUT2D eigenvalue weighted by Crippen LogP contribution is 2.07. The number of nitrogens with one attached hydrogen (secondary N) is 1. The lowest BCUT2D eigenvalue weighted by atomic mass is 10.1. The van der Waals surface area contributed by atoms with Crippen LogP contribution in [0.3, 0.4) is 0 Å². The van der Waals surface area contributed by atoms with Gasteiger partial charge in [-0.2, -0.15) is 0 Å². The Hall–Kier alpha value is -1.91. The highest BCUT2D eigenvalue weighted by molar-refractivity contribution is 5.87. The van der Waals surface area contributed by atoms with E-state index in [1.54, 1.807) is 27.0 Å². The summed E-state index contributed by atoms with van der Waals surface area (Å²) in [5.74, 6) is -0.572. The van der Waals surface area contributed by atoms with Crippen molar-refractivity contribution in [3.8, 4) is 0 Å². The fraction of sp³-hybridized carbons (Fsp3) is 0.533. The summed E-state index contributed by atoms with van der Waals surface area (Å²) in [6.07, 6.45) is 3.54. The molecule has 1 amide bonds. The van der Waals surface area contributed by atoms with E-state index < -0.39 is 11.5 Å². The van der Waals surface area contributed by atoms with Crippen LogP contribution in [0.4, 0.5) is 0 Å². The molecule has 1 aromatic heterocycles. The summed E-state index contributed by atoms with van der Waals surface area (Å²) < 4.78 is 4.92. The molecule has 5 nitrogen and oxygen atoms in total. The molecule has 1 rings (SSSR count). The summed E-state index contributed by atoms with van der Waals surface area (Å²) in [6, 6.07) is 5.71. The van der Waals surface area contributed by atoms with E-state index in [1.165, 1.54) is 0 Å². The molecule has 0 atom stereocenters. The Morgan fingerprint density at radius 1 is 1.35 bits per heavy atom. The number of aromatic nitrogens is 1. The van der Waals surface area contributed by atoms with Gasteiger partial charge in [0.2, 0.25) is 5.91 Å². The molecule has 1 heterocycles. The number of carbonyl (C=O) groups is 2. The van der Waals surface area contributed by atoms with Crippen LogP contribution in [0.2, 0.25) is 0 Å². The Balaban J connectivity index is 2.34. The number of esters is 1. The van der Waals surface area contributed by atoms with Gasteiger partial charge in [0.15, 0.2) is 0 Å². The number of amides is 1. The van der Waals surface area contributed by atoms with Crippen LogP contribution < -0.4 is 5.32 Å². The van der Waals surface area contributed by atoms with E-state index >= 15 is 0 Å². The van der Waals surface area contributed by atoms with Gasteiger partial charge in [0.1, 0.15) is 5.54 Å². The van der Waals surface area contributed by atoms with Crippen molar-refractivity contribution in [1.82, 2.24) is 10.3 Å². The summed E-state index contributed by atoms with van der Waals surface area (Å²) in [5.41, 5.74) is -0.0251. The smallest absolute Gasteiger partial charge is 0.331 e. The van der Waals surface area contributed by atoms with Crippen molar-refractivity contribution >= 4 is 11.9 Å². The minimum absolute atomic E-state index is 0.154. The summed E-state index contributed by atoms with van der Waals surface area (Å²) in [5, 5.41) is 2.69. The second-order valence-corrected chi connectivity index (χ2v) is 5.07. The minimum atomic E-state index is -0.988. The van der Waals surface area contributed by atoms with Crippen LogP contribution in [-0.2, 0) is 20.7 Å². The number of aryl methyl sites for hydroxylation is 1. The van der Waals surface area contributed by atoms with E-state index in [0.717, 1.165) is 12.1 Å². The number of hydrogen-bond donors (Lipinski definition) is 1. The molecule has 5 heteroatoms. The van der Waals surface area contributed by atoms with Gasteiger partial charge in [-0.25, -0.2) is 4.79 Å². The first kappa shape index (κ1) is 16.1. The van der Waals surface area contributed by atoms with Crippen LogP contribution in [-0.4, -0.2) is 29.0 Å². The second kappa shape index (κ2) is 7.62. The molecule has 1 N–H and O–H groups in total. The van der Waals surface area contributed by atoms with E-state index in [2.05, 4.69) is 10.3 Å². The van der Waals surface area contributed by atoms with Gasteiger partial charge in [0.05, 0.1) is 6.61 Å². The summed E-state index contributed by atoms with van der Waals surface area (Å²) in [4.78, 5) is 27.7. The monoisotopic (exact) mass is 278 g/mol. The molecule has 1 aromatic rings. The zero-order valence-corrected chi connectivity index (χ0v) is 12.3. The summed E-state index contributed by atoms with van der Waals surface area (Å²) >= 11 is 0. The van der Waals surface area contributed by atoms with Crippen LogP contribution >= 0.6 is 0 Å². The van der Waals surface area contributed by atoms with E-state index in [4.69, 9.17) is 4.74 Å². The van der Waals surface area contributed by atoms with Gasteiger partial charge < -0.3 is 10.1 Å². The number of rotatable bonds is 7. The van der Waals surface area contributed by atoms with Crippen LogP contribution in [0.25, 0.3) is 0 Å². The molecule has 0 saturated heterocycles. The molecule has 20 heavy (non-hydrogen) atoms. The molecule has 0 spiro atoms. The predicted octanol–water partition coefficient (Wildman–Crippen LogP) is 1.86. The second-order valence-electron chi connectivity index (χ2n) is 5.07. The lowest BCUT2D eigenvalue weighted by Gasteiger charge is -2.23. The number of pyridine rings is 1. The maximum absolute atomic E-state index is 11.8. The zero-order valence-electron chi connectivity index (χ0n) is 12.3. The molecule has 0 aliphatic rings. The van der Waals surface area contributed by atoms with Crippen LogP contribution in [0, 0.1) is 0 Å². The zero-order chi connectivity index (χ0) is 15.0. The lowest BCUT2D eigenvalue weighted by Crippen LogP contribution is -2.50. The summed E-state index contributed by atoms with van der Waals surface area (Å²) in [6.45, 7) is 5.32. The van der Waals surface area contributed by atoms with Crippen molar-refractivity contribution in [2.75, 3.05) is 6.61 Å². The number of hydrogen-bond acceptors (Lipinski definition) is 4.